The third-order valence-electron chi connectivity index (χ3n) is 4.80. The van der Waals surface area contributed by atoms with E-state index in [-0.39, 0.29) is 22.8 Å². The average Bonchev–Trinajstić information content (AvgIpc) is 2.95. The summed E-state index contributed by atoms with van der Waals surface area (Å²) in [5.74, 6) is -2.90. The van der Waals surface area contributed by atoms with E-state index in [0.29, 0.717) is 11.3 Å². The molecular formula is C19H17N3O6. The number of nitriles is 1. The molecule has 3 N–H and O–H groups in total. The van der Waals surface area contributed by atoms with Crippen LogP contribution < -0.4 is 11.1 Å². The fourth-order valence-corrected chi connectivity index (χ4v) is 3.56. The molecule has 0 radical (unpaired) electrons. The van der Waals surface area contributed by atoms with E-state index in [9.17, 15) is 19.6 Å². The lowest BCUT2D eigenvalue weighted by atomic mass is 9.67. The van der Waals surface area contributed by atoms with Gasteiger partial charge in [-0.3, -0.25) is 9.59 Å². The highest BCUT2D eigenvalue weighted by Crippen LogP contribution is 2.53. The molecule has 0 saturated carbocycles. The zero-order valence-corrected chi connectivity index (χ0v) is 15.4. The Bertz CT molecular complexity index is 1020. The highest BCUT2D eigenvalue weighted by Gasteiger charge is 2.60. The molecule has 9 nitrogen and oxygen atoms in total. The van der Waals surface area contributed by atoms with Crippen LogP contribution >= 0.6 is 0 Å². The summed E-state index contributed by atoms with van der Waals surface area (Å²) in [4.78, 5) is 37.9. The van der Waals surface area contributed by atoms with E-state index in [4.69, 9.17) is 15.2 Å². The van der Waals surface area contributed by atoms with Crippen LogP contribution in [0.4, 0.5) is 5.69 Å². The number of carbonyl (C=O) groups excluding carboxylic acids is 3. The summed E-state index contributed by atoms with van der Waals surface area (Å²) in [5, 5.41) is 12.5. The standard InChI is InChI=1S/C19H17N3O6/c1-9-5-4-6-10-15(9)22-18(25)19(10)11(8-20)16(21)28-12(7-13(23)26-2)14(19)17(24)27-3/h4-6H,7,21H2,1-3H3,(H,22,25)/t19-/m0/s1. The number of benzene rings is 1. The third kappa shape index (κ3) is 2.42. The number of anilines is 1. The van der Waals surface area contributed by atoms with Gasteiger partial charge in [-0.05, 0) is 12.5 Å². The quantitative estimate of drug-likeness (QED) is 0.734. The minimum Gasteiger partial charge on any atom is -0.469 e. The number of para-hydroxylation sites is 1. The minimum atomic E-state index is -1.89. The van der Waals surface area contributed by atoms with Gasteiger partial charge >= 0.3 is 11.9 Å². The first-order valence-corrected chi connectivity index (χ1v) is 8.21. The van der Waals surface area contributed by atoms with Crippen LogP contribution in [-0.4, -0.2) is 32.1 Å². The Balaban J connectivity index is 2.43. The van der Waals surface area contributed by atoms with E-state index in [1.54, 1.807) is 25.1 Å². The molecule has 2 aliphatic rings. The maximum absolute atomic E-state index is 13.2. The van der Waals surface area contributed by atoms with Crippen LogP contribution in [0.1, 0.15) is 17.5 Å². The van der Waals surface area contributed by atoms with Gasteiger partial charge in [0.25, 0.3) is 0 Å². The van der Waals surface area contributed by atoms with Gasteiger partial charge in [0.1, 0.15) is 29.4 Å². The predicted octanol–water partition coefficient (Wildman–Crippen LogP) is 0.899. The van der Waals surface area contributed by atoms with Gasteiger partial charge in [0, 0.05) is 11.3 Å². The van der Waals surface area contributed by atoms with E-state index in [0.717, 1.165) is 12.7 Å². The van der Waals surface area contributed by atoms with Crippen LogP contribution in [0.5, 0.6) is 0 Å². The summed E-state index contributed by atoms with van der Waals surface area (Å²) in [6, 6.07) is 6.95. The van der Waals surface area contributed by atoms with E-state index < -0.39 is 29.7 Å². The average molecular weight is 383 g/mol. The highest BCUT2D eigenvalue weighted by molar-refractivity contribution is 6.18. The molecule has 2 heterocycles. The minimum absolute atomic E-state index is 0.209. The van der Waals surface area contributed by atoms with Gasteiger partial charge in [0.2, 0.25) is 11.8 Å². The summed E-state index contributed by atoms with van der Waals surface area (Å²) >= 11 is 0. The molecular weight excluding hydrogens is 366 g/mol. The van der Waals surface area contributed by atoms with Gasteiger partial charge in [-0.15, -0.1) is 0 Å². The molecule has 1 aromatic carbocycles. The lowest BCUT2D eigenvalue weighted by Gasteiger charge is -2.34. The first kappa shape index (κ1) is 19.0. The normalized spacial score (nSPS) is 20.3. The Labute approximate surface area is 160 Å². The molecule has 1 amide bonds. The molecule has 0 fully saturated rings. The summed E-state index contributed by atoms with van der Waals surface area (Å²) in [6.07, 6.45) is -0.476. The van der Waals surface area contributed by atoms with Crippen molar-refractivity contribution in [3.05, 3.63) is 52.1 Å². The van der Waals surface area contributed by atoms with Crippen molar-refractivity contribution in [2.75, 3.05) is 19.5 Å². The molecule has 0 saturated heterocycles. The van der Waals surface area contributed by atoms with Crippen molar-refractivity contribution >= 4 is 23.5 Å². The van der Waals surface area contributed by atoms with Crippen LogP contribution in [0.15, 0.2) is 41.0 Å². The number of nitrogens with one attached hydrogen (secondary N) is 1. The van der Waals surface area contributed by atoms with Crippen molar-refractivity contribution in [3.8, 4) is 6.07 Å². The fourth-order valence-electron chi connectivity index (χ4n) is 3.56. The largest absolute Gasteiger partial charge is 0.469 e. The van der Waals surface area contributed by atoms with Gasteiger partial charge in [-0.2, -0.15) is 5.26 Å². The Kier molecular flexibility index (Phi) is 4.56. The molecule has 1 aromatic rings. The summed E-state index contributed by atoms with van der Waals surface area (Å²) in [6.45, 7) is 1.77. The van der Waals surface area contributed by atoms with Crippen molar-refractivity contribution in [3.63, 3.8) is 0 Å². The Morgan fingerprint density at radius 2 is 2.04 bits per heavy atom. The van der Waals surface area contributed by atoms with Crippen molar-refractivity contribution in [1.82, 2.24) is 0 Å². The maximum Gasteiger partial charge on any atom is 0.339 e. The lowest BCUT2D eigenvalue weighted by molar-refractivity contribution is -0.141. The Morgan fingerprint density at radius 1 is 1.32 bits per heavy atom. The second-order valence-electron chi connectivity index (χ2n) is 6.20. The number of hydrogen-bond acceptors (Lipinski definition) is 8. The van der Waals surface area contributed by atoms with E-state index in [1.165, 1.54) is 7.11 Å². The molecule has 0 unspecified atom stereocenters. The number of methoxy groups -OCH3 is 2. The smallest absolute Gasteiger partial charge is 0.339 e. The summed E-state index contributed by atoms with van der Waals surface area (Å²) in [5.41, 5.74) is 5.02. The first-order valence-electron chi connectivity index (χ1n) is 8.21. The molecule has 28 heavy (non-hydrogen) atoms. The summed E-state index contributed by atoms with van der Waals surface area (Å²) < 4.78 is 14.9. The number of aryl methyl sites for hydroxylation is 1. The molecule has 144 valence electrons. The number of fused-ring (bicyclic) bond motifs is 2. The van der Waals surface area contributed by atoms with Crippen molar-refractivity contribution in [2.45, 2.75) is 18.8 Å². The van der Waals surface area contributed by atoms with Crippen LogP contribution in [0.25, 0.3) is 0 Å². The molecule has 0 bridgehead atoms. The molecule has 0 aliphatic carbocycles. The monoisotopic (exact) mass is 383 g/mol. The zero-order chi connectivity index (χ0) is 20.6. The van der Waals surface area contributed by atoms with Gasteiger partial charge in [-0.1, -0.05) is 18.2 Å². The number of ether oxygens (including phenoxy) is 3. The van der Waals surface area contributed by atoms with Crippen LogP contribution in [0.3, 0.4) is 0 Å². The number of hydrogen-bond donors (Lipinski definition) is 2. The van der Waals surface area contributed by atoms with Gasteiger partial charge in [0.05, 0.1) is 14.2 Å². The number of esters is 2. The third-order valence-corrected chi connectivity index (χ3v) is 4.80. The van der Waals surface area contributed by atoms with Gasteiger partial charge in [0.15, 0.2) is 5.41 Å². The van der Waals surface area contributed by atoms with Crippen LogP contribution in [0, 0.1) is 18.3 Å². The number of nitrogens with two attached hydrogens (primary N) is 1. The molecule has 3 rings (SSSR count). The number of amides is 1. The van der Waals surface area contributed by atoms with E-state index >= 15 is 0 Å². The zero-order valence-electron chi connectivity index (χ0n) is 15.4. The second kappa shape index (κ2) is 6.74. The molecule has 9 heteroatoms. The van der Waals surface area contributed by atoms with E-state index in [2.05, 4.69) is 10.1 Å². The predicted molar refractivity (Wildman–Crippen MR) is 95.1 cm³/mol. The topological polar surface area (TPSA) is 141 Å². The number of nitrogens with zero attached hydrogens (tertiary/aromatic N) is 1. The molecule has 1 atom stereocenters. The molecule has 0 aromatic heterocycles. The highest BCUT2D eigenvalue weighted by atomic mass is 16.5. The van der Waals surface area contributed by atoms with E-state index in [1.807, 2.05) is 6.07 Å². The number of carbonyl (C=O) groups is 3. The van der Waals surface area contributed by atoms with Crippen molar-refractivity contribution < 1.29 is 28.6 Å². The fraction of sp³-hybridized carbons (Fsp3) is 0.263. The van der Waals surface area contributed by atoms with Crippen molar-refractivity contribution in [2.24, 2.45) is 5.73 Å². The van der Waals surface area contributed by atoms with Crippen molar-refractivity contribution in [1.29, 1.82) is 5.26 Å². The molecule has 2 aliphatic heterocycles. The lowest BCUT2D eigenvalue weighted by Crippen LogP contribution is -2.46. The Morgan fingerprint density at radius 3 is 2.64 bits per heavy atom. The molecule has 1 spiro atoms. The second-order valence-corrected chi connectivity index (χ2v) is 6.20. The van der Waals surface area contributed by atoms with Gasteiger partial charge < -0.3 is 25.3 Å². The summed E-state index contributed by atoms with van der Waals surface area (Å²) in [7, 11) is 2.29. The SMILES string of the molecule is COC(=O)CC1=C(C(=O)OC)[C@@]2(C(=O)Nc3c(C)cccc32)C(C#N)=C(N)O1. The maximum atomic E-state index is 13.2. The van der Waals surface area contributed by atoms with Crippen LogP contribution in [0.2, 0.25) is 0 Å². The van der Waals surface area contributed by atoms with Gasteiger partial charge in [-0.25, -0.2) is 4.79 Å². The van der Waals surface area contributed by atoms with Crippen LogP contribution in [-0.2, 0) is 34.0 Å². The first-order chi connectivity index (χ1) is 13.3. The Hall–Kier alpha value is -3.80. The number of rotatable bonds is 3.